The second-order valence-electron chi connectivity index (χ2n) is 11.5. The molecule has 4 heterocycles. The molecule has 10 heteroatoms. The van der Waals surface area contributed by atoms with E-state index in [2.05, 4.69) is 16.7 Å². The Balaban J connectivity index is 1.32. The van der Waals surface area contributed by atoms with Gasteiger partial charge >= 0.3 is 5.97 Å². The van der Waals surface area contributed by atoms with E-state index in [0.29, 0.717) is 60.1 Å². The van der Waals surface area contributed by atoms with E-state index in [4.69, 9.17) is 35.8 Å². The van der Waals surface area contributed by atoms with Gasteiger partial charge in [0.25, 0.3) is 0 Å². The van der Waals surface area contributed by atoms with E-state index in [9.17, 15) is 15.0 Å². The largest absolute Gasteiger partial charge is 0.494 e. The number of carbonyl (C=O) groups is 1. The van der Waals surface area contributed by atoms with E-state index in [1.54, 1.807) is 18.2 Å². The van der Waals surface area contributed by atoms with Gasteiger partial charge in [-0.05, 0) is 77.9 Å². The molecule has 0 amide bonds. The van der Waals surface area contributed by atoms with Crippen LogP contribution < -0.4 is 9.47 Å². The monoisotopic (exact) mass is 625 g/mol. The van der Waals surface area contributed by atoms with Gasteiger partial charge in [-0.3, -0.25) is 0 Å². The minimum absolute atomic E-state index is 0.0274. The number of aromatic nitrogens is 3. The Kier molecular flexibility index (Phi) is 7.91. The fourth-order valence-electron chi connectivity index (χ4n) is 6.11. The molecule has 3 aromatic carbocycles. The SMILES string of the molecule is COc1cc(C(=O)O)cc2c1nc(Cc1ccc3cc1CCC(O)c1cc(Cl)ccc1COc1cccc-3n1)n2C[C@@H]1CCO1. The Hall–Kier alpha value is -4.44. The van der Waals surface area contributed by atoms with Crippen LogP contribution in [0.15, 0.2) is 66.7 Å². The Labute approximate surface area is 265 Å². The first-order valence-corrected chi connectivity index (χ1v) is 15.3. The number of aliphatic hydroxyl groups excluding tert-OH is 1. The van der Waals surface area contributed by atoms with Gasteiger partial charge in [-0.25, -0.2) is 14.8 Å². The summed E-state index contributed by atoms with van der Waals surface area (Å²) in [4.78, 5) is 21.7. The molecule has 1 unspecified atom stereocenters. The number of aromatic carboxylic acids is 1. The number of carboxylic acids is 1. The van der Waals surface area contributed by atoms with Crippen LogP contribution in [0.25, 0.3) is 22.3 Å². The minimum Gasteiger partial charge on any atom is -0.494 e. The Bertz CT molecular complexity index is 1920. The lowest BCUT2D eigenvalue weighted by Gasteiger charge is -2.27. The predicted octanol–water partition coefficient (Wildman–Crippen LogP) is 6.40. The third-order valence-electron chi connectivity index (χ3n) is 8.65. The maximum Gasteiger partial charge on any atom is 0.335 e. The summed E-state index contributed by atoms with van der Waals surface area (Å²) in [7, 11) is 1.52. The van der Waals surface area contributed by atoms with E-state index in [1.165, 1.54) is 13.2 Å². The molecule has 2 aliphatic rings. The number of imidazole rings is 1. The van der Waals surface area contributed by atoms with Gasteiger partial charge in [0.1, 0.15) is 23.7 Å². The van der Waals surface area contributed by atoms with Crippen molar-refractivity contribution in [3.05, 3.63) is 105 Å². The number of nitrogens with zero attached hydrogens (tertiary/aromatic N) is 3. The van der Waals surface area contributed by atoms with Crippen LogP contribution in [-0.2, 0) is 30.7 Å². The second-order valence-corrected chi connectivity index (χ2v) is 11.9. The van der Waals surface area contributed by atoms with Gasteiger partial charge < -0.3 is 29.0 Å². The summed E-state index contributed by atoms with van der Waals surface area (Å²) in [5.74, 6) is 0.652. The van der Waals surface area contributed by atoms with Crippen LogP contribution in [0.3, 0.4) is 0 Å². The number of carboxylic acid groups (broad SMARTS) is 1. The molecule has 45 heavy (non-hydrogen) atoms. The lowest BCUT2D eigenvalue weighted by molar-refractivity contribution is -0.0589. The van der Waals surface area contributed by atoms with Gasteiger partial charge in [-0.1, -0.05) is 35.9 Å². The van der Waals surface area contributed by atoms with Gasteiger partial charge in [-0.2, -0.15) is 0 Å². The van der Waals surface area contributed by atoms with Crippen molar-refractivity contribution in [2.75, 3.05) is 13.7 Å². The van der Waals surface area contributed by atoms with Crippen LogP contribution in [0, 0.1) is 0 Å². The zero-order valence-corrected chi connectivity index (χ0v) is 25.5. The topological polar surface area (TPSA) is 116 Å². The fourth-order valence-corrected chi connectivity index (χ4v) is 6.29. The van der Waals surface area contributed by atoms with E-state index >= 15 is 0 Å². The summed E-state index contributed by atoms with van der Waals surface area (Å²) >= 11 is 6.34. The summed E-state index contributed by atoms with van der Waals surface area (Å²) in [6.07, 6.45) is 1.74. The van der Waals surface area contributed by atoms with Crippen molar-refractivity contribution in [3.63, 3.8) is 0 Å². The van der Waals surface area contributed by atoms with E-state index < -0.39 is 12.1 Å². The molecule has 2 N–H and O–H groups in total. The molecule has 5 aromatic rings. The number of hydrogen-bond donors (Lipinski definition) is 2. The van der Waals surface area contributed by atoms with Gasteiger partial charge in [-0.15, -0.1) is 0 Å². The number of pyridine rings is 1. The number of fused-ring (bicyclic) bond motifs is 7. The first-order valence-electron chi connectivity index (χ1n) is 15.0. The highest BCUT2D eigenvalue weighted by Crippen LogP contribution is 2.34. The zero-order valence-electron chi connectivity index (χ0n) is 24.7. The molecule has 0 saturated carbocycles. The van der Waals surface area contributed by atoms with Crippen molar-refractivity contribution in [3.8, 4) is 22.9 Å². The van der Waals surface area contributed by atoms with Crippen LogP contribution in [0.1, 0.15) is 57.4 Å². The first-order chi connectivity index (χ1) is 21.9. The summed E-state index contributed by atoms with van der Waals surface area (Å²) in [6, 6.07) is 20.6. The summed E-state index contributed by atoms with van der Waals surface area (Å²) in [6.45, 7) is 1.52. The maximum absolute atomic E-state index is 11.9. The van der Waals surface area contributed by atoms with Gasteiger partial charge in [0.2, 0.25) is 5.88 Å². The molecular formula is C35H32ClN3O6. The lowest BCUT2D eigenvalue weighted by Crippen LogP contribution is -2.31. The van der Waals surface area contributed by atoms with E-state index in [1.807, 2.05) is 30.3 Å². The van der Waals surface area contributed by atoms with Crippen LogP contribution >= 0.6 is 11.6 Å². The molecular weight excluding hydrogens is 594 g/mol. The number of rotatable bonds is 6. The molecule has 2 aromatic heterocycles. The molecule has 1 saturated heterocycles. The molecule has 2 aliphatic heterocycles. The second kappa shape index (κ2) is 12.2. The van der Waals surface area contributed by atoms with Crippen molar-refractivity contribution in [2.24, 2.45) is 0 Å². The van der Waals surface area contributed by atoms with Gasteiger partial charge in [0, 0.05) is 29.7 Å². The number of ether oxygens (including phenoxy) is 3. The van der Waals surface area contributed by atoms with Crippen LogP contribution in [-0.4, -0.2) is 50.5 Å². The number of halogens is 1. The van der Waals surface area contributed by atoms with E-state index in [0.717, 1.165) is 45.8 Å². The molecule has 7 rings (SSSR count). The third-order valence-corrected chi connectivity index (χ3v) is 8.88. The van der Waals surface area contributed by atoms with Crippen molar-refractivity contribution < 1.29 is 29.2 Å². The third kappa shape index (κ3) is 5.86. The van der Waals surface area contributed by atoms with Crippen molar-refractivity contribution in [1.29, 1.82) is 0 Å². The summed E-state index contributed by atoms with van der Waals surface area (Å²) < 4.78 is 19.5. The molecule has 0 aliphatic carbocycles. The molecule has 2 atom stereocenters. The number of aryl methyl sites for hydroxylation is 1. The number of aliphatic hydroxyl groups is 1. The molecule has 1 fully saturated rings. The minimum atomic E-state index is -1.03. The molecule has 9 nitrogen and oxygen atoms in total. The van der Waals surface area contributed by atoms with E-state index in [-0.39, 0.29) is 18.3 Å². The number of methoxy groups -OCH3 is 1. The van der Waals surface area contributed by atoms with Gasteiger partial charge in [0.15, 0.2) is 0 Å². The van der Waals surface area contributed by atoms with Crippen LogP contribution in [0.5, 0.6) is 11.6 Å². The number of hydrogen-bond acceptors (Lipinski definition) is 7. The Morgan fingerprint density at radius 1 is 1.07 bits per heavy atom. The van der Waals surface area contributed by atoms with Crippen LogP contribution in [0.4, 0.5) is 0 Å². The average Bonchev–Trinajstić information content (AvgIpc) is 3.37. The van der Waals surface area contributed by atoms with Crippen molar-refractivity contribution in [1.82, 2.24) is 14.5 Å². The van der Waals surface area contributed by atoms with Crippen LogP contribution in [0.2, 0.25) is 5.02 Å². The standard InChI is InChI=1S/C35H32ClN3O6/c1-43-31-15-24(35(41)42)14-29-34(31)38-32(39(29)18-26-11-12-44-26)16-21-5-6-22-13-20(21)8-10-30(40)27-17-25(36)9-7-23(27)19-45-33-4-2-3-28(22)37-33/h2-7,9,13-15,17,26,30,40H,8,10-12,16,18-19H2,1H3,(H,41,42)/t26-,30?/m0/s1. The molecule has 4 bridgehead atoms. The quantitative estimate of drug-likeness (QED) is 0.223. The Morgan fingerprint density at radius 3 is 2.71 bits per heavy atom. The summed E-state index contributed by atoms with van der Waals surface area (Å²) in [5, 5.41) is 21.7. The fraction of sp³-hybridized carbons (Fsp3) is 0.286. The van der Waals surface area contributed by atoms with Crippen molar-refractivity contribution >= 4 is 28.6 Å². The maximum atomic E-state index is 11.9. The highest BCUT2D eigenvalue weighted by molar-refractivity contribution is 6.30. The van der Waals surface area contributed by atoms with Gasteiger partial charge in [0.05, 0.1) is 42.6 Å². The zero-order chi connectivity index (χ0) is 31.1. The first kappa shape index (κ1) is 29.3. The molecule has 0 spiro atoms. The average molecular weight is 626 g/mol. The smallest absolute Gasteiger partial charge is 0.335 e. The molecule has 230 valence electrons. The Morgan fingerprint density at radius 2 is 1.93 bits per heavy atom. The highest BCUT2D eigenvalue weighted by Gasteiger charge is 2.25. The van der Waals surface area contributed by atoms with Crippen molar-refractivity contribution in [2.45, 2.75) is 51.0 Å². The molecule has 0 radical (unpaired) electrons. The predicted molar refractivity (Wildman–Crippen MR) is 169 cm³/mol. The summed E-state index contributed by atoms with van der Waals surface area (Å²) in [5.41, 5.74) is 6.86. The lowest BCUT2D eigenvalue weighted by atomic mass is 9.93. The highest BCUT2D eigenvalue weighted by atomic mass is 35.5. The number of benzene rings is 3. The normalized spacial score (nSPS) is 17.7.